The fraction of sp³-hybridized carbons (Fsp3) is 0.818. The second-order valence-electron chi connectivity index (χ2n) is 4.08. The van der Waals surface area contributed by atoms with E-state index >= 15 is 0 Å². The van der Waals surface area contributed by atoms with Crippen molar-refractivity contribution in [2.75, 3.05) is 45.9 Å². The number of hydrogen-bond donors (Lipinski definition) is 5. The molecule has 7 nitrogen and oxygen atoms in total. The van der Waals surface area contributed by atoms with Crippen LogP contribution in [0.4, 0.5) is 9.59 Å². The van der Waals surface area contributed by atoms with Crippen LogP contribution < -0.4 is 11.5 Å². The lowest BCUT2D eigenvalue weighted by molar-refractivity contribution is 0.113. The first-order chi connectivity index (χ1) is 9.33. The number of aliphatic hydroxyl groups is 1. The predicted molar refractivity (Wildman–Crippen MR) is 87.4 cm³/mol. The minimum Gasteiger partial charge on any atom is -0.395 e. The zero-order valence-electron chi connectivity index (χ0n) is 11.9. The van der Waals surface area contributed by atoms with Crippen LogP contribution in [0.3, 0.4) is 0 Å². The van der Waals surface area contributed by atoms with E-state index in [4.69, 9.17) is 14.7 Å². The van der Waals surface area contributed by atoms with Crippen LogP contribution in [-0.2, 0) is 0 Å². The summed E-state index contributed by atoms with van der Waals surface area (Å²) in [5.74, 6) is 0. The molecule has 1 saturated heterocycles. The van der Waals surface area contributed by atoms with Crippen LogP contribution in [0, 0.1) is 0 Å². The lowest BCUT2D eigenvalue weighted by Gasteiger charge is -2.34. The maximum atomic E-state index is 9.09. The average molecular weight is 326 g/mol. The number of carbonyl (C=O) groups excluding carboxylic acids is 2. The van der Waals surface area contributed by atoms with Gasteiger partial charge in [-0.3, -0.25) is 14.5 Å². The lowest BCUT2D eigenvalue weighted by Crippen LogP contribution is -2.47. The molecule has 0 aliphatic carbocycles. The van der Waals surface area contributed by atoms with Gasteiger partial charge in [0.25, 0.3) is 10.5 Å². The van der Waals surface area contributed by atoms with E-state index in [-0.39, 0.29) is 0 Å². The topological polar surface area (TPSA) is 113 Å². The molecule has 1 aliphatic rings. The fourth-order valence-corrected chi connectivity index (χ4v) is 1.69. The summed E-state index contributed by atoms with van der Waals surface area (Å²) >= 11 is 6.21. The molecule has 0 aromatic rings. The summed E-state index contributed by atoms with van der Waals surface area (Å²) in [6.45, 7) is 9.20. The van der Waals surface area contributed by atoms with Gasteiger partial charge in [-0.1, -0.05) is 32.2 Å². The number of piperazine rings is 1. The molecule has 120 valence electrons. The highest BCUT2D eigenvalue weighted by Crippen LogP contribution is 2.01. The maximum Gasteiger partial charge on any atom is 0.273 e. The second-order valence-corrected chi connectivity index (χ2v) is 4.96. The number of hydrogen-bond acceptors (Lipinski definition) is 5. The van der Waals surface area contributed by atoms with Gasteiger partial charge in [0.05, 0.1) is 6.61 Å². The molecule has 1 fully saturated rings. The first-order valence-electron chi connectivity index (χ1n) is 6.35. The highest BCUT2D eigenvalue weighted by molar-refractivity contribution is 7.96. The zero-order chi connectivity index (χ0) is 16.0. The zero-order valence-corrected chi connectivity index (χ0v) is 13.7. The molecule has 9 heteroatoms. The van der Waals surface area contributed by atoms with Gasteiger partial charge in [0.1, 0.15) is 0 Å². The van der Waals surface area contributed by atoms with Crippen molar-refractivity contribution >= 4 is 35.7 Å². The molecule has 0 bridgehead atoms. The first-order valence-corrected chi connectivity index (χ1v) is 7.25. The third kappa shape index (κ3) is 19.9. The van der Waals surface area contributed by atoms with Crippen LogP contribution in [0.5, 0.6) is 0 Å². The lowest BCUT2D eigenvalue weighted by atomic mass is 10.3. The van der Waals surface area contributed by atoms with Crippen molar-refractivity contribution in [1.82, 2.24) is 9.80 Å². The standard InChI is InChI=1S/C9H20N2O.2CH3NOS/c1-2-3-10-4-6-11(7-5-10)8-9-12;2*2-1(3)4/h12H,2-9H2,1H3;2*(H3,2,3,4). The minimum absolute atomic E-state index is 0.299. The SMILES string of the molecule is CCCN1CCN(CCO)CC1.NC(=O)S.NC(=O)S. The highest BCUT2D eigenvalue weighted by Gasteiger charge is 2.14. The number of nitrogens with zero attached hydrogens (tertiary/aromatic N) is 2. The molecule has 0 unspecified atom stereocenters. The summed E-state index contributed by atoms with van der Waals surface area (Å²) < 4.78 is 0. The van der Waals surface area contributed by atoms with Gasteiger partial charge in [-0.05, 0) is 13.0 Å². The van der Waals surface area contributed by atoms with Gasteiger partial charge < -0.3 is 21.5 Å². The van der Waals surface area contributed by atoms with E-state index < -0.39 is 10.5 Å². The normalized spacial score (nSPS) is 15.4. The molecule has 0 aromatic carbocycles. The van der Waals surface area contributed by atoms with Crippen LogP contribution in [0.2, 0.25) is 0 Å². The monoisotopic (exact) mass is 326 g/mol. The summed E-state index contributed by atoms with van der Waals surface area (Å²) in [5, 5.41) is 7.45. The van der Waals surface area contributed by atoms with Crippen molar-refractivity contribution in [2.24, 2.45) is 11.5 Å². The Morgan fingerprint density at radius 3 is 1.55 bits per heavy atom. The van der Waals surface area contributed by atoms with Gasteiger partial charge in [-0.2, -0.15) is 0 Å². The molecule has 1 heterocycles. The van der Waals surface area contributed by atoms with Crippen molar-refractivity contribution in [3.05, 3.63) is 0 Å². The summed E-state index contributed by atoms with van der Waals surface area (Å²) in [4.78, 5) is 23.0. The van der Waals surface area contributed by atoms with Gasteiger partial charge in [0.15, 0.2) is 0 Å². The van der Waals surface area contributed by atoms with Gasteiger partial charge in [-0.15, -0.1) is 0 Å². The summed E-state index contributed by atoms with van der Waals surface area (Å²) in [7, 11) is 0. The molecular weight excluding hydrogens is 300 g/mol. The van der Waals surface area contributed by atoms with E-state index in [2.05, 4.69) is 53.4 Å². The van der Waals surface area contributed by atoms with E-state index in [9.17, 15) is 0 Å². The fourth-order valence-electron chi connectivity index (χ4n) is 1.69. The van der Waals surface area contributed by atoms with Crippen LogP contribution >= 0.6 is 25.3 Å². The van der Waals surface area contributed by atoms with Crippen molar-refractivity contribution in [3.8, 4) is 0 Å². The third-order valence-electron chi connectivity index (χ3n) is 2.42. The molecule has 2 amide bonds. The van der Waals surface area contributed by atoms with Crippen LogP contribution in [-0.4, -0.2) is 71.3 Å². The molecule has 20 heavy (non-hydrogen) atoms. The first kappa shape index (κ1) is 21.8. The Morgan fingerprint density at radius 2 is 1.30 bits per heavy atom. The number of nitrogens with two attached hydrogens (primary N) is 2. The minimum atomic E-state index is -0.639. The Hall–Kier alpha value is -0.480. The van der Waals surface area contributed by atoms with Crippen LogP contribution in [0.15, 0.2) is 0 Å². The summed E-state index contributed by atoms with van der Waals surface area (Å²) in [5.41, 5.74) is 8.67. The van der Waals surface area contributed by atoms with E-state index in [1.807, 2.05) is 0 Å². The third-order valence-corrected chi connectivity index (χ3v) is 2.42. The number of β-amino-alcohol motifs (C(OH)–C–C–N with tert-alkyl or cyclic N) is 1. The molecular formula is C11H26N4O3S2. The molecule has 0 radical (unpaired) electrons. The van der Waals surface area contributed by atoms with Gasteiger partial charge in [0, 0.05) is 32.7 Å². The Balaban J connectivity index is 0. The number of primary amides is 2. The Morgan fingerprint density at radius 1 is 1.00 bits per heavy atom. The van der Waals surface area contributed by atoms with E-state index in [0.717, 1.165) is 19.6 Å². The molecule has 5 N–H and O–H groups in total. The largest absolute Gasteiger partial charge is 0.395 e. The van der Waals surface area contributed by atoms with Crippen molar-refractivity contribution in [1.29, 1.82) is 0 Å². The number of carbonyl (C=O) groups is 2. The van der Waals surface area contributed by atoms with Crippen molar-refractivity contribution < 1.29 is 14.7 Å². The maximum absolute atomic E-state index is 9.09. The van der Waals surface area contributed by atoms with E-state index in [1.54, 1.807) is 0 Å². The Kier molecular flexibility index (Phi) is 16.3. The van der Waals surface area contributed by atoms with E-state index in [1.165, 1.54) is 26.1 Å². The van der Waals surface area contributed by atoms with Crippen molar-refractivity contribution in [3.63, 3.8) is 0 Å². The van der Waals surface area contributed by atoms with Crippen molar-refractivity contribution in [2.45, 2.75) is 13.3 Å². The van der Waals surface area contributed by atoms with Gasteiger partial charge in [-0.25, -0.2) is 0 Å². The molecule has 0 saturated carbocycles. The Labute approximate surface area is 131 Å². The average Bonchev–Trinajstić information content (AvgIpc) is 2.31. The predicted octanol–water partition coefficient (Wildman–Crippen LogP) is -0.00390. The number of rotatable bonds is 4. The van der Waals surface area contributed by atoms with Crippen LogP contribution in [0.25, 0.3) is 0 Å². The summed E-state index contributed by atoms with van der Waals surface area (Å²) in [6, 6.07) is 0. The summed E-state index contributed by atoms with van der Waals surface area (Å²) in [6.07, 6.45) is 1.25. The molecule has 1 rings (SSSR count). The quantitative estimate of drug-likeness (QED) is 0.467. The number of aliphatic hydroxyl groups excluding tert-OH is 1. The molecule has 1 aliphatic heterocycles. The van der Waals surface area contributed by atoms with Crippen LogP contribution in [0.1, 0.15) is 13.3 Å². The molecule has 0 aromatic heterocycles. The molecule has 0 atom stereocenters. The Bertz CT molecular complexity index is 228. The number of thiol groups is 2. The second kappa shape index (κ2) is 14.9. The van der Waals surface area contributed by atoms with E-state index in [0.29, 0.717) is 6.61 Å². The molecule has 0 spiro atoms. The van der Waals surface area contributed by atoms with Gasteiger partial charge >= 0.3 is 0 Å². The smallest absolute Gasteiger partial charge is 0.273 e. The van der Waals surface area contributed by atoms with Gasteiger partial charge in [0.2, 0.25) is 0 Å². The highest BCUT2D eigenvalue weighted by atomic mass is 32.1. The number of amides is 2.